The summed E-state index contributed by atoms with van der Waals surface area (Å²) in [6, 6.07) is 29.9. The van der Waals surface area contributed by atoms with Gasteiger partial charge in [0.15, 0.2) is 5.82 Å². The summed E-state index contributed by atoms with van der Waals surface area (Å²) < 4.78 is 2.46. The molecular weight excluding hydrogens is 512 g/mol. The number of hydrogen-bond acceptors (Lipinski definition) is 3. The van der Waals surface area contributed by atoms with Gasteiger partial charge in [-0.2, -0.15) is 0 Å². The molecule has 2 aromatic heterocycles. The van der Waals surface area contributed by atoms with Crippen LogP contribution >= 0.6 is 27.3 Å². The number of rotatable bonds is 2. The molecule has 35 heavy (non-hydrogen) atoms. The molecule has 2 heterocycles. The van der Waals surface area contributed by atoms with Gasteiger partial charge in [-0.05, 0) is 64.6 Å². The third kappa shape index (κ3) is 3.43. The molecule has 1 unspecified atom stereocenters. The van der Waals surface area contributed by atoms with Crippen molar-refractivity contribution in [1.82, 2.24) is 9.97 Å². The Hall–Kier alpha value is -3.34. The molecule has 0 saturated heterocycles. The second-order valence-corrected chi connectivity index (χ2v) is 11.2. The lowest BCUT2D eigenvalue weighted by molar-refractivity contribution is 0.789. The van der Waals surface area contributed by atoms with Crippen LogP contribution in [-0.2, 0) is 0 Å². The molecule has 0 spiro atoms. The van der Waals surface area contributed by atoms with Gasteiger partial charge in [0.05, 0.1) is 11.2 Å². The molecule has 0 saturated carbocycles. The first-order chi connectivity index (χ1) is 17.2. The van der Waals surface area contributed by atoms with Crippen molar-refractivity contribution in [3.63, 3.8) is 0 Å². The van der Waals surface area contributed by atoms with Crippen molar-refractivity contribution in [3.8, 4) is 11.3 Å². The fraction of sp³-hybridized carbons (Fsp3) is 0.0968. The molecule has 7 rings (SSSR count). The van der Waals surface area contributed by atoms with E-state index in [0.29, 0.717) is 5.92 Å². The van der Waals surface area contributed by atoms with Gasteiger partial charge in [-0.1, -0.05) is 83.5 Å². The van der Waals surface area contributed by atoms with E-state index >= 15 is 0 Å². The van der Waals surface area contributed by atoms with Gasteiger partial charge in [0.2, 0.25) is 0 Å². The van der Waals surface area contributed by atoms with Crippen molar-refractivity contribution in [2.45, 2.75) is 19.3 Å². The van der Waals surface area contributed by atoms with Crippen LogP contribution < -0.4 is 0 Å². The van der Waals surface area contributed by atoms with Crippen LogP contribution in [0.5, 0.6) is 0 Å². The van der Waals surface area contributed by atoms with Gasteiger partial charge in [0, 0.05) is 30.4 Å². The lowest BCUT2D eigenvalue weighted by Gasteiger charge is -2.21. The van der Waals surface area contributed by atoms with Gasteiger partial charge >= 0.3 is 0 Å². The zero-order valence-corrected chi connectivity index (χ0v) is 21.5. The van der Waals surface area contributed by atoms with Gasteiger partial charge in [-0.25, -0.2) is 9.97 Å². The summed E-state index contributed by atoms with van der Waals surface area (Å²) in [5.74, 6) is 1.24. The van der Waals surface area contributed by atoms with Crippen molar-refractivity contribution in [2.24, 2.45) is 0 Å². The Morgan fingerprint density at radius 3 is 2.54 bits per heavy atom. The van der Waals surface area contributed by atoms with E-state index in [-0.39, 0.29) is 0 Å². The normalized spacial score (nSPS) is 15.5. The Labute approximate surface area is 216 Å². The predicted molar refractivity (Wildman–Crippen MR) is 153 cm³/mol. The van der Waals surface area contributed by atoms with Crippen LogP contribution in [-0.4, -0.2) is 9.97 Å². The van der Waals surface area contributed by atoms with Crippen LogP contribution in [0.25, 0.3) is 54.7 Å². The van der Waals surface area contributed by atoms with E-state index in [2.05, 4.69) is 114 Å². The molecule has 0 radical (unpaired) electrons. The van der Waals surface area contributed by atoms with E-state index in [9.17, 15) is 0 Å². The highest BCUT2D eigenvalue weighted by Crippen LogP contribution is 2.46. The Bertz CT molecular complexity index is 1800. The van der Waals surface area contributed by atoms with Crippen LogP contribution in [0.3, 0.4) is 0 Å². The van der Waals surface area contributed by atoms with E-state index in [1.165, 1.54) is 36.9 Å². The second-order valence-electron chi connectivity index (χ2n) is 9.24. The maximum atomic E-state index is 5.21. The first kappa shape index (κ1) is 21.0. The molecular formula is C31H21BrN2S. The Balaban J connectivity index is 1.50. The van der Waals surface area contributed by atoms with Gasteiger partial charge in [-0.15, -0.1) is 11.3 Å². The monoisotopic (exact) mass is 532 g/mol. The number of benzene rings is 4. The third-order valence-electron chi connectivity index (χ3n) is 6.97. The summed E-state index contributed by atoms with van der Waals surface area (Å²) in [7, 11) is 0. The average Bonchev–Trinajstić information content (AvgIpc) is 3.26. The fourth-order valence-corrected chi connectivity index (χ4v) is 6.99. The number of fused-ring (bicyclic) bond motifs is 6. The molecule has 0 N–H and O–H groups in total. The smallest absolute Gasteiger partial charge is 0.156 e. The van der Waals surface area contributed by atoms with E-state index in [1.54, 1.807) is 0 Å². The van der Waals surface area contributed by atoms with Crippen molar-refractivity contribution in [1.29, 1.82) is 0 Å². The van der Waals surface area contributed by atoms with Gasteiger partial charge in [0.25, 0.3) is 0 Å². The van der Waals surface area contributed by atoms with Crippen LogP contribution in [0.2, 0.25) is 0 Å². The molecule has 0 amide bonds. The quantitative estimate of drug-likeness (QED) is 0.207. The second kappa shape index (κ2) is 8.11. The standard InChI is InChI=1S/C31H21BrN2S/c1-18-15-21(16-27-28(18)25-17-22(32)12-14-26(25)35-27)31-33-29(20-8-3-2-4-9-20)24-13-11-19-7-5-6-10-23(19)30(24)34-31/h2-14,16-18H,15H2,1H3. The van der Waals surface area contributed by atoms with Crippen LogP contribution in [0.1, 0.15) is 35.5 Å². The summed E-state index contributed by atoms with van der Waals surface area (Å²) in [6.45, 7) is 2.33. The minimum absolute atomic E-state index is 0.403. The van der Waals surface area contributed by atoms with Crippen molar-refractivity contribution >= 4 is 70.7 Å². The predicted octanol–water partition coefficient (Wildman–Crippen LogP) is 9.47. The largest absolute Gasteiger partial charge is 0.228 e. The molecule has 1 atom stereocenters. The van der Waals surface area contributed by atoms with Gasteiger partial charge in [-0.3, -0.25) is 0 Å². The number of aromatic nitrogens is 2. The molecule has 0 bridgehead atoms. The summed E-state index contributed by atoms with van der Waals surface area (Å²) in [4.78, 5) is 11.7. The van der Waals surface area contributed by atoms with E-state index in [1.807, 2.05) is 11.3 Å². The molecule has 4 aromatic carbocycles. The summed E-state index contributed by atoms with van der Waals surface area (Å²) >= 11 is 5.52. The van der Waals surface area contributed by atoms with Crippen LogP contribution in [0, 0.1) is 0 Å². The molecule has 1 aliphatic rings. The Kier molecular flexibility index (Phi) is 4.86. The highest BCUT2D eigenvalue weighted by molar-refractivity contribution is 9.10. The average molecular weight is 533 g/mol. The number of thiophene rings is 1. The zero-order valence-electron chi connectivity index (χ0n) is 19.1. The lowest BCUT2D eigenvalue weighted by Crippen LogP contribution is -2.06. The summed E-state index contributed by atoms with van der Waals surface area (Å²) in [5.41, 5.74) is 5.79. The van der Waals surface area contributed by atoms with Crippen molar-refractivity contribution < 1.29 is 0 Å². The topological polar surface area (TPSA) is 25.8 Å². The number of hydrogen-bond donors (Lipinski definition) is 0. The van der Waals surface area contributed by atoms with Crippen molar-refractivity contribution in [2.75, 3.05) is 0 Å². The van der Waals surface area contributed by atoms with Gasteiger partial charge in [0.1, 0.15) is 0 Å². The van der Waals surface area contributed by atoms with Crippen molar-refractivity contribution in [3.05, 3.63) is 106 Å². The maximum Gasteiger partial charge on any atom is 0.156 e. The highest BCUT2D eigenvalue weighted by Gasteiger charge is 2.25. The number of nitrogens with zero attached hydrogens (tertiary/aromatic N) is 2. The third-order valence-corrected chi connectivity index (χ3v) is 8.59. The molecule has 168 valence electrons. The van der Waals surface area contributed by atoms with Gasteiger partial charge < -0.3 is 0 Å². The van der Waals surface area contributed by atoms with Crippen LogP contribution in [0.4, 0.5) is 0 Å². The Morgan fingerprint density at radius 1 is 0.829 bits per heavy atom. The minimum Gasteiger partial charge on any atom is -0.228 e. The van der Waals surface area contributed by atoms with E-state index in [4.69, 9.17) is 9.97 Å². The fourth-order valence-electron chi connectivity index (χ4n) is 5.35. The minimum atomic E-state index is 0.403. The molecule has 4 heteroatoms. The summed E-state index contributed by atoms with van der Waals surface area (Å²) in [6.07, 6.45) is 3.25. The maximum absolute atomic E-state index is 5.21. The lowest BCUT2D eigenvalue weighted by atomic mass is 9.86. The first-order valence-electron chi connectivity index (χ1n) is 11.8. The van der Waals surface area contributed by atoms with E-state index in [0.717, 1.165) is 38.9 Å². The van der Waals surface area contributed by atoms with Crippen LogP contribution in [0.15, 0.2) is 89.4 Å². The van der Waals surface area contributed by atoms with E-state index < -0.39 is 0 Å². The SMILES string of the molecule is CC1CC(c2nc(-c3ccccc3)c3ccc4ccccc4c3n2)=Cc2sc3ccc(Br)cc3c21. The molecule has 0 aliphatic heterocycles. The molecule has 1 aliphatic carbocycles. The first-order valence-corrected chi connectivity index (χ1v) is 13.4. The number of halogens is 1. The zero-order chi connectivity index (χ0) is 23.5. The molecule has 0 fully saturated rings. The number of allylic oxidation sites excluding steroid dienone is 1. The highest BCUT2D eigenvalue weighted by atomic mass is 79.9. The Morgan fingerprint density at radius 2 is 1.66 bits per heavy atom. The summed E-state index contributed by atoms with van der Waals surface area (Å²) in [5, 5.41) is 4.82. The molecule has 2 nitrogen and oxygen atoms in total. The molecule has 6 aromatic rings.